The number of hydrogen-bond donors (Lipinski definition) is 3. The van der Waals surface area contributed by atoms with Gasteiger partial charge >= 0.3 is 12.2 Å². The fourth-order valence-corrected chi connectivity index (χ4v) is 3.87. The Morgan fingerprint density at radius 2 is 1.82 bits per heavy atom. The summed E-state index contributed by atoms with van der Waals surface area (Å²) in [5.41, 5.74) is 6.82. The number of ether oxygens (including phenoxy) is 2. The van der Waals surface area contributed by atoms with Crippen LogP contribution in [0.25, 0.3) is 11.3 Å². The van der Waals surface area contributed by atoms with Crippen molar-refractivity contribution in [1.82, 2.24) is 25.5 Å². The summed E-state index contributed by atoms with van der Waals surface area (Å²) in [4.78, 5) is 47.8. The lowest BCUT2D eigenvalue weighted by molar-refractivity contribution is 0.0185. The predicted molar refractivity (Wildman–Crippen MR) is 143 cm³/mol. The fourth-order valence-electron chi connectivity index (χ4n) is 3.87. The molecule has 0 radical (unpaired) electrons. The molecule has 1 aromatic carbocycles. The average Bonchev–Trinajstić information content (AvgIpc) is 2.81. The average molecular weight is 527 g/mol. The molecular formula is C27H38N6O5. The van der Waals surface area contributed by atoms with Crippen LogP contribution in [0.2, 0.25) is 0 Å². The molecule has 1 fully saturated rings. The molecule has 2 heterocycles. The third-order valence-electron chi connectivity index (χ3n) is 5.48. The topological polar surface area (TPSA) is 149 Å². The third kappa shape index (κ3) is 8.60. The minimum absolute atomic E-state index is 0.00815. The second-order valence-electron chi connectivity index (χ2n) is 11.3. The maximum atomic E-state index is 13.1. The summed E-state index contributed by atoms with van der Waals surface area (Å²) < 4.78 is 10.7. The normalized spacial score (nSPS) is 15.9. The molecule has 2 aromatic rings. The number of benzene rings is 1. The van der Waals surface area contributed by atoms with E-state index in [1.165, 1.54) is 6.20 Å². The number of nitrogens with two attached hydrogens (primary N) is 1. The number of nitrogens with one attached hydrogen (secondary N) is 2. The van der Waals surface area contributed by atoms with Crippen LogP contribution in [0, 0.1) is 0 Å². The summed E-state index contributed by atoms with van der Waals surface area (Å²) in [6.45, 7) is 12.0. The lowest BCUT2D eigenvalue weighted by Crippen LogP contribution is -2.50. The number of carbonyl (C=O) groups is 3. The molecule has 0 bridgehead atoms. The lowest BCUT2D eigenvalue weighted by Gasteiger charge is -2.34. The van der Waals surface area contributed by atoms with E-state index in [9.17, 15) is 14.4 Å². The van der Waals surface area contributed by atoms with Crippen LogP contribution in [0.4, 0.5) is 15.4 Å². The zero-order valence-corrected chi connectivity index (χ0v) is 23.0. The predicted octanol–water partition coefficient (Wildman–Crippen LogP) is 3.88. The van der Waals surface area contributed by atoms with Crippen molar-refractivity contribution in [2.24, 2.45) is 0 Å². The third-order valence-corrected chi connectivity index (χ3v) is 5.48. The number of anilines is 1. The van der Waals surface area contributed by atoms with E-state index in [0.717, 1.165) is 12.0 Å². The first-order valence-electron chi connectivity index (χ1n) is 12.7. The van der Waals surface area contributed by atoms with Crippen LogP contribution in [-0.2, 0) is 16.0 Å². The van der Waals surface area contributed by atoms with Gasteiger partial charge in [0.1, 0.15) is 11.2 Å². The summed E-state index contributed by atoms with van der Waals surface area (Å²) >= 11 is 0. The maximum absolute atomic E-state index is 13.1. The molecule has 11 heteroatoms. The van der Waals surface area contributed by atoms with E-state index < -0.39 is 29.3 Å². The molecule has 0 saturated carbocycles. The quantitative estimate of drug-likeness (QED) is 0.531. The highest BCUT2D eigenvalue weighted by molar-refractivity contribution is 5.97. The first kappa shape index (κ1) is 28.7. The number of amides is 3. The highest BCUT2D eigenvalue weighted by atomic mass is 16.6. The molecule has 0 unspecified atom stereocenters. The smallest absolute Gasteiger partial charge is 0.410 e. The molecule has 1 saturated heterocycles. The number of aromatic nitrogens is 2. The van der Waals surface area contributed by atoms with E-state index >= 15 is 0 Å². The second-order valence-corrected chi connectivity index (χ2v) is 11.3. The summed E-state index contributed by atoms with van der Waals surface area (Å²) in [7, 11) is 0. The van der Waals surface area contributed by atoms with Gasteiger partial charge in [-0.15, -0.1) is 0 Å². The largest absolute Gasteiger partial charge is 0.444 e. The highest BCUT2D eigenvalue weighted by Gasteiger charge is 2.29. The van der Waals surface area contributed by atoms with Crippen LogP contribution in [0.15, 0.2) is 30.5 Å². The zero-order chi connectivity index (χ0) is 28.1. The van der Waals surface area contributed by atoms with Gasteiger partial charge in [0.2, 0.25) is 0 Å². The van der Waals surface area contributed by atoms with Crippen LogP contribution < -0.4 is 16.4 Å². The number of carbonyl (C=O) groups excluding carboxylic acids is 3. The molecule has 1 aromatic heterocycles. The van der Waals surface area contributed by atoms with Gasteiger partial charge in [-0.2, -0.15) is 0 Å². The minimum atomic E-state index is -0.596. The molecule has 3 rings (SSSR count). The Balaban J connectivity index is 1.68. The Kier molecular flexibility index (Phi) is 8.80. The van der Waals surface area contributed by atoms with E-state index in [0.29, 0.717) is 30.8 Å². The summed E-state index contributed by atoms with van der Waals surface area (Å²) in [5, 5.41) is 5.66. The first-order chi connectivity index (χ1) is 17.7. The van der Waals surface area contributed by atoms with Gasteiger partial charge in [-0.25, -0.2) is 19.6 Å². The molecule has 4 N–H and O–H groups in total. The van der Waals surface area contributed by atoms with Crippen LogP contribution >= 0.6 is 0 Å². The molecule has 1 atom stereocenters. The van der Waals surface area contributed by atoms with Crippen LogP contribution in [-0.4, -0.2) is 63.3 Å². The van der Waals surface area contributed by atoms with Gasteiger partial charge in [0.15, 0.2) is 11.5 Å². The Morgan fingerprint density at radius 3 is 2.50 bits per heavy atom. The molecule has 0 aliphatic carbocycles. The number of alkyl carbamates (subject to hydrolysis) is 1. The number of piperidine rings is 1. The molecule has 11 nitrogen and oxygen atoms in total. The van der Waals surface area contributed by atoms with Crippen molar-refractivity contribution in [2.75, 3.05) is 18.8 Å². The van der Waals surface area contributed by atoms with Crippen molar-refractivity contribution in [1.29, 1.82) is 0 Å². The second kappa shape index (κ2) is 11.7. The van der Waals surface area contributed by atoms with Gasteiger partial charge in [-0.3, -0.25) is 4.79 Å². The van der Waals surface area contributed by atoms with E-state index in [2.05, 4.69) is 20.6 Å². The Morgan fingerprint density at radius 1 is 1.11 bits per heavy atom. The maximum Gasteiger partial charge on any atom is 0.410 e. The molecule has 3 amide bonds. The Bertz CT molecular complexity index is 1170. The Labute approximate surface area is 223 Å². The lowest BCUT2D eigenvalue weighted by atomic mass is 10.1. The van der Waals surface area contributed by atoms with Crippen molar-refractivity contribution in [3.8, 4) is 11.3 Å². The first-order valence-corrected chi connectivity index (χ1v) is 12.7. The molecule has 38 heavy (non-hydrogen) atoms. The van der Waals surface area contributed by atoms with E-state index in [4.69, 9.17) is 15.2 Å². The van der Waals surface area contributed by atoms with E-state index in [-0.39, 0.29) is 24.1 Å². The van der Waals surface area contributed by atoms with Crippen LogP contribution in [0.5, 0.6) is 0 Å². The number of rotatable bonds is 5. The molecule has 1 aliphatic rings. The SMILES string of the molecule is CC(C)(C)OC(=O)NCc1cccc(-c2cnc(N)c(C(=O)N[C@H]3CCCN(C(=O)OC(C)(C)C)C3)n2)c1. The van der Waals surface area contributed by atoms with E-state index in [1.54, 1.807) is 25.7 Å². The number of hydrogen-bond acceptors (Lipinski definition) is 8. The standard InChI is InChI=1S/C27H38N6O5/c1-26(2,3)37-24(35)30-14-17-9-7-10-18(13-17)20-15-29-22(28)21(32-20)23(34)31-19-11-8-12-33(16-19)25(36)38-27(4,5)6/h7,9-10,13,15,19H,8,11-12,14,16H2,1-6H3,(H2,28,29)(H,30,35)(H,31,34)/t19-/m0/s1. The van der Waals surface area contributed by atoms with Gasteiger partial charge in [-0.05, 0) is 66.0 Å². The fraction of sp³-hybridized carbons (Fsp3) is 0.519. The monoisotopic (exact) mass is 526 g/mol. The summed E-state index contributed by atoms with van der Waals surface area (Å²) in [6.07, 6.45) is 2.03. The van der Waals surface area contributed by atoms with E-state index in [1.807, 2.05) is 45.0 Å². The molecular weight excluding hydrogens is 488 g/mol. The number of likely N-dealkylation sites (tertiary alicyclic amines) is 1. The molecule has 1 aliphatic heterocycles. The number of nitrogen functional groups attached to an aromatic ring is 1. The Hall–Kier alpha value is -3.89. The summed E-state index contributed by atoms with van der Waals surface area (Å²) in [5.74, 6) is -0.454. The van der Waals surface area contributed by atoms with Crippen molar-refractivity contribution in [3.63, 3.8) is 0 Å². The van der Waals surface area contributed by atoms with Crippen molar-refractivity contribution >= 4 is 23.9 Å². The van der Waals surface area contributed by atoms with Crippen molar-refractivity contribution in [3.05, 3.63) is 41.7 Å². The van der Waals surface area contributed by atoms with Crippen molar-refractivity contribution in [2.45, 2.75) is 78.2 Å². The highest BCUT2D eigenvalue weighted by Crippen LogP contribution is 2.21. The molecule has 0 spiro atoms. The summed E-state index contributed by atoms with van der Waals surface area (Å²) in [6, 6.07) is 7.10. The minimum Gasteiger partial charge on any atom is -0.444 e. The van der Waals surface area contributed by atoms with Gasteiger partial charge in [-0.1, -0.05) is 18.2 Å². The van der Waals surface area contributed by atoms with Gasteiger partial charge < -0.3 is 30.7 Å². The zero-order valence-electron chi connectivity index (χ0n) is 23.0. The molecule has 206 valence electrons. The van der Waals surface area contributed by atoms with Gasteiger partial charge in [0.25, 0.3) is 5.91 Å². The van der Waals surface area contributed by atoms with Crippen LogP contribution in [0.3, 0.4) is 0 Å². The van der Waals surface area contributed by atoms with Gasteiger partial charge in [0, 0.05) is 31.2 Å². The van der Waals surface area contributed by atoms with Crippen LogP contribution in [0.1, 0.15) is 70.4 Å². The van der Waals surface area contributed by atoms with Crippen molar-refractivity contribution < 1.29 is 23.9 Å². The van der Waals surface area contributed by atoms with Gasteiger partial charge in [0.05, 0.1) is 11.9 Å². The number of nitrogens with zero attached hydrogens (tertiary/aromatic N) is 3.